The van der Waals surface area contributed by atoms with Gasteiger partial charge in [0.25, 0.3) is 5.91 Å². The standard InChI is InChI=1S/C22H25NO4/c1-14-17-9-6-10-19(26-3)21(17)22(24)23(14)15-11-12-18(25-2)20(13-15)27-16-7-4-5-8-16/h6,9-14,16H,4-5,7-8H2,1-3H3. The van der Waals surface area contributed by atoms with E-state index in [9.17, 15) is 4.79 Å². The number of rotatable bonds is 5. The minimum atomic E-state index is -0.0738. The highest BCUT2D eigenvalue weighted by Crippen LogP contribution is 2.43. The number of methoxy groups -OCH3 is 2. The summed E-state index contributed by atoms with van der Waals surface area (Å²) in [6.07, 6.45) is 4.75. The van der Waals surface area contributed by atoms with E-state index in [-0.39, 0.29) is 18.1 Å². The lowest BCUT2D eigenvalue weighted by Crippen LogP contribution is -2.26. The summed E-state index contributed by atoms with van der Waals surface area (Å²) in [5.41, 5.74) is 2.43. The van der Waals surface area contributed by atoms with Crippen LogP contribution in [0.15, 0.2) is 36.4 Å². The van der Waals surface area contributed by atoms with Crippen LogP contribution in [0.5, 0.6) is 17.2 Å². The van der Waals surface area contributed by atoms with Crippen molar-refractivity contribution in [1.29, 1.82) is 0 Å². The molecule has 2 aliphatic rings. The number of ether oxygens (including phenoxy) is 3. The summed E-state index contributed by atoms with van der Waals surface area (Å²) < 4.78 is 17.1. The minimum absolute atomic E-state index is 0.0491. The highest BCUT2D eigenvalue weighted by atomic mass is 16.5. The molecule has 0 spiro atoms. The van der Waals surface area contributed by atoms with Gasteiger partial charge in [0.05, 0.1) is 31.9 Å². The molecule has 1 heterocycles. The molecule has 1 saturated carbocycles. The molecule has 1 aliphatic carbocycles. The molecule has 5 heteroatoms. The number of amides is 1. The van der Waals surface area contributed by atoms with Gasteiger partial charge in [0.1, 0.15) is 5.75 Å². The number of anilines is 1. The van der Waals surface area contributed by atoms with Crippen LogP contribution in [0, 0.1) is 0 Å². The largest absolute Gasteiger partial charge is 0.496 e. The van der Waals surface area contributed by atoms with Crippen LogP contribution in [0.3, 0.4) is 0 Å². The van der Waals surface area contributed by atoms with Crippen LogP contribution in [0.1, 0.15) is 54.6 Å². The van der Waals surface area contributed by atoms with Crippen LogP contribution in [0.25, 0.3) is 0 Å². The van der Waals surface area contributed by atoms with Crippen molar-refractivity contribution < 1.29 is 19.0 Å². The first-order chi connectivity index (χ1) is 13.1. The van der Waals surface area contributed by atoms with Crippen molar-refractivity contribution in [2.45, 2.75) is 44.8 Å². The number of carbonyl (C=O) groups excluding carboxylic acids is 1. The topological polar surface area (TPSA) is 48.0 Å². The Kier molecular flexibility index (Phi) is 4.68. The van der Waals surface area contributed by atoms with Gasteiger partial charge < -0.3 is 19.1 Å². The van der Waals surface area contributed by atoms with E-state index >= 15 is 0 Å². The summed E-state index contributed by atoms with van der Waals surface area (Å²) in [4.78, 5) is 15.0. The van der Waals surface area contributed by atoms with Gasteiger partial charge in [0, 0.05) is 11.8 Å². The van der Waals surface area contributed by atoms with Crippen molar-refractivity contribution in [3.63, 3.8) is 0 Å². The molecule has 27 heavy (non-hydrogen) atoms. The van der Waals surface area contributed by atoms with Crippen LogP contribution in [-0.2, 0) is 0 Å². The zero-order chi connectivity index (χ0) is 19.0. The second-order valence-corrected chi connectivity index (χ2v) is 7.14. The summed E-state index contributed by atoms with van der Waals surface area (Å²) in [6.45, 7) is 2.03. The maximum atomic E-state index is 13.2. The van der Waals surface area contributed by atoms with Gasteiger partial charge in [0.15, 0.2) is 11.5 Å². The molecule has 1 fully saturated rings. The van der Waals surface area contributed by atoms with Gasteiger partial charge in [0.2, 0.25) is 0 Å². The van der Waals surface area contributed by atoms with Gasteiger partial charge >= 0.3 is 0 Å². The molecule has 0 saturated heterocycles. The predicted octanol–water partition coefficient (Wildman–Crippen LogP) is 4.75. The number of carbonyl (C=O) groups is 1. The fourth-order valence-corrected chi connectivity index (χ4v) is 4.16. The average molecular weight is 367 g/mol. The summed E-state index contributed by atoms with van der Waals surface area (Å²) in [5.74, 6) is 1.96. The molecule has 2 aromatic carbocycles. The van der Waals surface area contributed by atoms with Gasteiger partial charge in [-0.15, -0.1) is 0 Å². The van der Waals surface area contributed by atoms with E-state index < -0.39 is 0 Å². The Morgan fingerprint density at radius 2 is 1.70 bits per heavy atom. The Labute approximate surface area is 159 Å². The van der Waals surface area contributed by atoms with Crippen molar-refractivity contribution in [2.75, 3.05) is 19.1 Å². The Hall–Kier alpha value is -2.69. The second-order valence-electron chi connectivity index (χ2n) is 7.14. The second kappa shape index (κ2) is 7.14. The van der Waals surface area contributed by atoms with Crippen LogP contribution in [0.4, 0.5) is 5.69 Å². The normalized spacial score (nSPS) is 19.3. The molecule has 1 atom stereocenters. The first kappa shape index (κ1) is 17.7. The highest BCUT2D eigenvalue weighted by molar-refractivity contribution is 6.12. The molecule has 1 aliphatic heterocycles. The molecular weight excluding hydrogens is 342 g/mol. The van der Waals surface area contributed by atoms with E-state index in [1.165, 1.54) is 12.8 Å². The van der Waals surface area contributed by atoms with E-state index in [0.717, 1.165) is 24.1 Å². The number of benzene rings is 2. The zero-order valence-electron chi connectivity index (χ0n) is 16.0. The quantitative estimate of drug-likeness (QED) is 0.765. The fraction of sp³-hybridized carbons (Fsp3) is 0.409. The smallest absolute Gasteiger partial charge is 0.262 e. The van der Waals surface area contributed by atoms with Crippen molar-refractivity contribution >= 4 is 11.6 Å². The Morgan fingerprint density at radius 1 is 0.963 bits per heavy atom. The van der Waals surface area contributed by atoms with Crippen LogP contribution in [-0.4, -0.2) is 26.2 Å². The van der Waals surface area contributed by atoms with Crippen LogP contribution >= 0.6 is 0 Å². The molecule has 0 bridgehead atoms. The SMILES string of the molecule is COc1ccc(N2C(=O)c3c(OC)cccc3C2C)cc1OC1CCCC1. The van der Waals surface area contributed by atoms with E-state index in [0.29, 0.717) is 22.8 Å². The molecule has 0 radical (unpaired) electrons. The minimum Gasteiger partial charge on any atom is -0.496 e. The van der Waals surface area contributed by atoms with Crippen molar-refractivity contribution in [3.8, 4) is 17.2 Å². The van der Waals surface area contributed by atoms with E-state index in [4.69, 9.17) is 14.2 Å². The zero-order valence-corrected chi connectivity index (χ0v) is 16.0. The summed E-state index contributed by atoms with van der Waals surface area (Å²) in [6, 6.07) is 11.4. The summed E-state index contributed by atoms with van der Waals surface area (Å²) in [7, 11) is 3.23. The van der Waals surface area contributed by atoms with Crippen molar-refractivity contribution in [1.82, 2.24) is 0 Å². The maximum absolute atomic E-state index is 13.2. The van der Waals surface area contributed by atoms with Crippen molar-refractivity contribution in [2.24, 2.45) is 0 Å². The number of hydrogen-bond acceptors (Lipinski definition) is 4. The Bertz CT molecular complexity index is 857. The summed E-state index contributed by atoms with van der Waals surface area (Å²) in [5, 5.41) is 0. The predicted molar refractivity (Wildman–Crippen MR) is 104 cm³/mol. The van der Waals surface area contributed by atoms with Gasteiger partial charge in [-0.05, 0) is 56.4 Å². The van der Waals surface area contributed by atoms with Gasteiger partial charge in [-0.2, -0.15) is 0 Å². The van der Waals surface area contributed by atoms with Gasteiger partial charge in [-0.25, -0.2) is 0 Å². The summed E-state index contributed by atoms with van der Waals surface area (Å²) >= 11 is 0. The Morgan fingerprint density at radius 3 is 2.41 bits per heavy atom. The van der Waals surface area contributed by atoms with E-state index in [1.54, 1.807) is 19.1 Å². The highest BCUT2D eigenvalue weighted by Gasteiger charge is 2.37. The number of hydrogen-bond donors (Lipinski definition) is 0. The van der Waals surface area contributed by atoms with Gasteiger partial charge in [-0.3, -0.25) is 4.79 Å². The van der Waals surface area contributed by atoms with E-state index in [2.05, 4.69) is 0 Å². The Balaban J connectivity index is 1.70. The molecule has 1 amide bonds. The number of nitrogens with zero attached hydrogens (tertiary/aromatic N) is 1. The fourth-order valence-electron chi connectivity index (χ4n) is 4.16. The van der Waals surface area contributed by atoms with Crippen molar-refractivity contribution in [3.05, 3.63) is 47.5 Å². The molecular formula is C22H25NO4. The average Bonchev–Trinajstić information content (AvgIpc) is 3.28. The lowest BCUT2D eigenvalue weighted by Gasteiger charge is -2.24. The van der Waals surface area contributed by atoms with E-state index in [1.807, 2.05) is 43.3 Å². The molecule has 142 valence electrons. The van der Waals surface area contributed by atoms with Gasteiger partial charge in [-0.1, -0.05) is 12.1 Å². The number of fused-ring (bicyclic) bond motifs is 1. The molecule has 0 aromatic heterocycles. The monoisotopic (exact) mass is 367 g/mol. The van der Waals surface area contributed by atoms with Crippen LogP contribution < -0.4 is 19.1 Å². The third-order valence-corrected chi connectivity index (χ3v) is 5.57. The molecule has 0 N–H and O–H groups in total. The van der Waals surface area contributed by atoms with Crippen LogP contribution in [0.2, 0.25) is 0 Å². The molecule has 1 unspecified atom stereocenters. The molecule has 5 nitrogen and oxygen atoms in total. The first-order valence-corrected chi connectivity index (χ1v) is 9.49. The third kappa shape index (κ3) is 3.01. The maximum Gasteiger partial charge on any atom is 0.262 e. The molecule has 2 aromatic rings. The lowest BCUT2D eigenvalue weighted by atomic mass is 10.1. The molecule has 4 rings (SSSR count). The lowest BCUT2D eigenvalue weighted by molar-refractivity contribution is 0.0990. The third-order valence-electron chi connectivity index (χ3n) is 5.57. The first-order valence-electron chi connectivity index (χ1n) is 9.49.